The number of aliphatic hydroxyl groups excluding tert-OH is 1. The highest BCUT2D eigenvalue weighted by molar-refractivity contribution is 5.55. The molecule has 0 fully saturated rings. The van der Waals surface area contributed by atoms with Crippen LogP contribution < -0.4 is 18.9 Å². The van der Waals surface area contributed by atoms with E-state index in [1.54, 1.807) is 18.2 Å². The molecule has 7 rings (SSSR count). The van der Waals surface area contributed by atoms with Gasteiger partial charge in [-0.2, -0.15) is 0 Å². The van der Waals surface area contributed by atoms with Crippen molar-refractivity contribution < 1.29 is 38.6 Å². The predicted octanol–water partition coefficient (Wildman–Crippen LogP) is 8.90. The number of hydrogen-bond acceptors (Lipinski definition) is 8. The summed E-state index contributed by atoms with van der Waals surface area (Å²) in [4.78, 5) is 0. The van der Waals surface area contributed by atoms with E-state index in [4.69, 9.17) is 28.4 Å². The van der Waals surface area contributed by atoms with E-state index >= 15 is 0 Å². The molecular formula is C45H42O8. The minimum absolute atomic E-state index is 0.00363. The minimum atomic E-state index is -0.726. The van der Waals surface area contributed by atoms with E-state index < -0.39 is 18.3 Å². The molecule has 53 heavy (non-hydrogen) atoms. The number of phenolic OH excluding ortho intramolecular Hbond substituents is 1. The Hall–Kier alpha value is -5.80. The number of benzene rings is 6. The van der Waals surface area contributed by atoms with Crippen molar-refractivity contribution in [1.29, 1.82) is 0 Å². The Morgan fingerprint density at radius 3 is 1.62 bits per heavy atom. The number of phenols is 1. The number of fused-ring (bicyclic) bond motifs is 1. The van der Waals surface area contributed by atoms with Gasteiger partial charge in [-0.15, -0.1) is 0 Å². The molecular weight excluding hydrogens is 668 g/mol. The zero-order valence-corrected chi connectivity index (χ0v) is 29.3. The molecule has 6 aromatic carbocycles. The maximum Gasteiger partial charge on any atom is 0.161 e. The van der Waals surface area contributed by atoms with Crippen molar-refractivity contribution in [3.05, 3.63) is 185 Å². The first-order valence-electron chi connectivity index (χ1n) is 17.7. The number of aromatic hydroxyl groups is 1. The van der Waals surface area contributed by atoms with E-state index in [9.17, 15) is 10.2 Å². The molecule has 0 bridgehead atoms. The summed E-state index contributed by atoms with van der Waals surface area (Å²) < 4.78 is 39.1. The molecule has 0 radical (unpaired) electrons. The molecule has 0 amide bonds. The van der Waals surface area contributed by atoms with E-state index in [2.05, 4.69) is 0 Å². The first-order chi connectivity index (χ1) is 26.1. The summed E-state index contributed by atoms with van der Waals surface area (Å²) in [6.45, 7) is 1.03. The van der Waals surface area contributed by atoms with Gasteiger partial charge < -0.3 is 38.6 Å². The molecule has 1 heterocycles. The second kappa shape index (κ2) is 17.6. The Morgan fingerprint density at radius 2 is 1.06 bits per heavy atom. The van der Waals surface area contributed by atoms with Gasteiger partial charge >= 0.3 is 0 Å². The van der Waals surface area contributed by atoms with Crippen LogP contribution in [0.5, 0.6) is 28.7 Å². The average Bonchev–Trinajstić information content (AvgIpc) is 3.21. The van der Waals surface area contributed by atoms with Gasteiger partial charge in [0, 0.05) is 12.1 Å². The van der Waals surface area contributed by atoms with Crippen molar-refractivity contribution in [2.75, 3.05) is 13.2 Å². The highest BCUT2D eigenvalue weighted by Crippen LogP contribution is 2.51. The molecule has 0 spiro atoms. The van der Waals surface area contributed by atoms with Crippen LogP contribution >= 0.6 is 0 Å². The molecule has 0 saturated heterocycles. The lowest BCUT2D eigenvalue weighted by molar-refractivity contribution is -0.142. The Labute approximate surface area is 309 Å². The minimum Gasteiger partial charge on any atom is -0.504 e. The first kappa shape index (κ1) is 35.6. The molecule has 0 aliphatic carbocycles. The first-order valence-corrected chi connectivity index (χ1v) is 17.7. The van der Waals surface area contributed by atoms with Gasteiger partial charge in [0.1, 0.15) is 49.3 Å². The number of ether oxygens (including phenoxy) is 6. The quantitative estimate of drug-likeness (QED) is 0.103. The Morgan fingerprint density at radius 1 is 0.528 bits per heavy atom. The van der Waals surface area contributed by atoms with Crippen molar-refractivity contribution in [3.8, 4) is 28.7 Å². The van der Waals surface area contributed by atoms with Crippen molar-refractivity contribution >= 4 is 0 Å². The zero-order chi connectivity index (χ0) is 36.2. The average molecular weight is 711 g/mol. The monoisotopic (exact) mass is 710 g/mol. The van der Waals surface area contributed by atoms with Gasteiger partial charge in [0.2, 0.25) is 0 Å². The fraction of sp³-hybridized carbons (Fsp3) is 0.200. The molecule has 8 heteroatoms. The van der Waals surface area contributed by atoms with Crippen LogP contribution in [0.4, 0.5) is 0 Å². The number of aliphatic hydroxyl groups is 1. The lowest BCUT2D eigenvalue weighted by Gasteiger charge is -2.40. The van der Waals surface area contributed by atoms with Gasteiger partial charge in [-0.1, -0.05) is 127 Å². The third-order valence-corrected chi connectivity index (χ3v) is 8.92. The van der Waals surface area contributed by atoms with Crippen LogP contribution in [-0.2, 0) is 35.9 Å². The molecule has 0 aromatic heterocycles. The van der Waals surface area contributed by atoms with Crippen LogP contribution in [-0.4, -0.2) is 29.5 Å². The molecule has 6 aromatic rings. The van der Waals surface area contributed by atoms with Crippen molar-refractivity contribution in [2.24, 2.45) is 0 Å². The molecule has 3 unspecified atom stereocenters. The van der Waals surface area contributed by atoms with Gasteiger partial charge in [0.05, 0.1) is 25.4 Å². The second-order valence-corrected chi connectivity index (χ2v) is 12.7. The smallest absolute Gasteiger partial charge is 0.161 e. The van der Waals surface area contributed by atoms with E-state index in [1.807, 2.05) is 133 Å². The summed E-state index contributed by atoms with van der Waals surface area (Å²) in [7, 11) is 0. The molecule has 0 saturated carbocycles. The van der Waals surface area contributed by atoms with Crippen molar-refractivity contribution in [1.82, 2.24) is 0 Å². The summed E-state index contributed by atoms with van der Waals surface area (Å²) in [6, 6.07) is 48.4. The maximum atomic E-state index is 10.9. The Bertz CT molecular complexity index is 2020. The van der Waals surface area contributed by atoms with E-state index in [0.717, 1.165) is 22.3 Å². The van der Waals surface area contributed by atoms with Crippen molar-refractivity contribution in [3.63, 3.8) is 0 Å². The standard InChI is InChI=1S/C45H42O8/c46-23-24-48-44-42-40(51-30-34-17-9-3-10-18-34)26-37(49-28-32-13-5-1-6-14-32)27-41(42)53-43(45(44)52-31-35-19-11-4-12-20-35)36-21-22-38(47)39(25-36)50-29-33-15-7-2-8-16-33/h1-22,25-27,43-47H,23-24,28-31H2. The second-order valence-electron chi connectivity index (χ2n) is 12.7. The van der Waals surface area contributed by atoms with E-state index in [-0.39, 0.29) is 32.2 Å². The number of rotatable bonds is 16. The van der Waals surface area contributed by atoms with E-state index in [0.29, 0.717) is 47.3 Å². The summed E-state index contributed by atoms with van der Waals surface area (Å²) in [5.74, 6) is 1.87. The van der Waals surface area contributed by atoms with Crippen LogP contribution in [0.3, 0.4) is 0 Å². The predicted molar refractivity (Wildman–Crippen MR) is 201 cm³/mol. The highest BCUT2D eigenvalue weighted by atomic mass is 16.6. The topological polar surface area (TPSA) is 95.8 Å². The fourth-order valence-electron chi connectivity index (χ4n) is 6.28. The zero-order valence-electron chi connectivity index (χ0n) is 29.3. The normalized spacial score (nSPS) is 16.3. The lowest BCUT2D eigenvalue weighted by Crippen LogP contribution is -2.38. The Balaban J connectivity index is 1.29. The van der Waals surface area contributed by atoms with Gasteiger partial charge in [-0.05, 0) is 39.9 Å². The van der Waals surface area contributed by atoms with Gasteiger partial charge in [0.15, 0.2) is 17.6 Å². The third-order valence-electron chi connectivity index (χ3n) is 8.92. The van der Waals surface area contributed by atoms with E-state index in [1.165, 1.54) is 0 Å². The van der Waals surface area contributed by atoms with Gasteiger partial charge in [-0.3, -0.25) is 0 Å². The maximum absolute atomic E-state index is 10.9. The summed E-state index contributed by atoms with van der Waals surface area (Å²) in [5.41, 5.74) is 5.29. The SMILES string of the molecule is OCCOC1c2c(OCc3ccccc3)cc(OCc3ccccc3)cc2OC(c2ccc(O)c(OCc3ccccc3)c2)C1OCc1ccccc1. The fourth-order valence-corrected chi connectivity index (χ4v) is 6.28. The molecule has 2 N–H and O–H groups in total. The van der Waals surface area contributed by atoms with Crippen LogP contribution in [0.25, 0.3) is 0 Å². The summed E-state index contributed by atoms with van der Waals surface area (Å²) >= 11 is 0. The van der Waals surface area contributed by atoms with Crippen LogP contribution in [0.2, 0.25) is 0 Å². The largest absolute Gasteiger partial charge is 0.504 e. The Kier molecular flexibility index (Phi) is 11.8. The van der Waals surface area contributed by atoms with Crippen molar-refractivity contribution in [2.45, 2.75) is 44.7 Å². The lowest BCUT2D eigenvalue weighted by atomic mass is 9.90. The third kappa shape index (κ3) is 9.17. The number of hydrogen-bond donors (Lipinski definition) is 2. The van der Waals surface area contributed by atoms with Crippen LogP contribution in [0, 0.1) is 0 Å². The molecule has 270 valence electrons. The molecule has 1 aliphatic rings. The summed E-state index contributed by atoms with van der Waals surface area (Å²) in [6.07, 6.45) is -2.16. The van der Waals surface area contributed by atoms with Crippen LogP contribution in [0.1, 0.15) is 45.6 Å². The summed E-state index contributed by atoms with van der Waals surface area (Å²) in [5, 5.41) is 20.8. The van der Waals surface area contributed by atoms with Gasteiger partial charge in [0.25, 0.3) is 0 Å². The molecule has 8 nitrogen and oxygen atoms in total. The van der Waals surface area contributed by atoms with Crippen LogP contribution in [0.15, 0.2) is 152 Å². The van der Waals surface area contributed by atoms with Gasteiger partial charge in [-0.25, -0.2) is 0 Å². The highest BCUT2D eigenvalue weighted by Gasteiger charge is 2.44. The molecule has 3 atom stereocenters. The molecule has 1 aliphatic heterocycles.